The molecule has 3 nitrogen and oxygen atoms in total. The maximum atomic E-state index is 12.6. The van der Waals surface area contributed by atoms with Gasteiger partial charge in [0.15, 0.2) is 0 Å². The van der Waals surface area contributed by atoms with Gasteiger partial charge in [-0.25, -0.2) is 0 Å². The first-order chi connectivity index (χ1) is 9.61. The van der Waals surface area contributed by atoms with E-state index < -0.39 is 17.8 Å². The summed E-state index contributed by atoms with van der Waals surface area (Å²) < 4.78 is 37.9. The number of benzene rings is 1. The van der Waals surface area contributed by atoms with E-state index in [0.717, 1.165) is 12.1 Å². The summed E-state index contributed by atoms with van der Waals surface area (Å²) in [6.07, 6.45) is -4.39. The molecule has 0 bridgehead atoms. The van der Waals surface area contributed by atoms with Crippen molar-refractivity contribution in [2.45, 2.75) is 33.0 Å². The second-order valence-electron chi connectivity index (χ2n) is 5.20. The number of nitrogens with one attached hydrogen (secondary N) is 2. The van der Waals surface area contributed by atoms with Crippen LogP contribution in [0.25, 0.3) is 0 Å². The van der Waals surface area contributed by atoms with Crippen LogP contribution >= 0.6 is 15.9 Å². The molecule has 7 heteroatoms. The van der Waals surface area contributed by atoms with E-state index in [9.17, 15) is 18.0 Å². The molecule has 1 atom stereocenters. The highest BCUT2D eigenvalue weighted by Crippen LogP contribution is 2.34. The van der Waals surface area contributed by atoms with Gasteiger partial charge in [0.2, 0.25) is 5.91 Å². The molecule has 1 unspecified atom stereocenters. The van der Waals surface area contributed by atoms with E-state index in [2.05, 4.69) is 26.6 Å². The highest BCUT2D eigenvalue weighted by atomic mass is 79.9. The van der Waals surface area contributed by atoms with E-state index >= 15 is 0 Å². The van der Waals surface area contributed by atoms with Gasteiger partial charge < -0.3 is 10.6 Å². The topological polar surface area (TPSA) is 41.1 Å². The lowest BCUT2D eigenvalue weighted by molar-refractivity contribution is -0.137. The molecule has 0 heterocycles. The molecule has 1 rings (SSSR count). The molecule has 21 heavy (non-hydrogen) atoms. The van der Waals surface area contributed by atoms with Gasteiger partial charge in [0.1, 0.15) is 6.04 Å². The van der Waals surface area contributed by atoms with Crippen molar-refractivity contribution >= 4 is 27.5 Å². The summed E-state index contributed by atoms with van der Waals surface area (Å²) in [4.78, 5) is 11.8. The minimum absolute atomic E-state index is 0.199. The van der Waals surface area contributed by atoms with Gasteiger partial charge >= 0.3 is 6.18 Å². The molecule has 1 aromatic carbocycles. The van der Waals surface area contributed by atoms with Crippen molar-refractivity contribution in [3.63, 3.8) is 0 Å². The van der Waals surface area contributed by atoms with E-state index in [4.69, 9.17) is 0 Å². The number of anilines is 1. The van der Waals surface area contributed by atoms with Gasteiger partial charge in [-0.05, 0) is 47.0 Å². The Morgan fingerprint density at radius 3 is 2.38 bits per heavy atom. The van der Waals surface area contributed by atoms with Gasteiger partial charge in [0.05, 0.1) is 5.56 Å². The zero-order chi connectivity index (χ0) is 16.2. The Bertz CT molecular complexity index is 503. The number of amides is 1. The SMILES string of the molecule is CC(C)CNC(=O)C(C)Nc1ccc(C(F)(F)F)cc1Br. The monoisotopic (exact) mass is 366 g/mol. The third-order valence-electron chi connectivity index (χ3n) is 2.75. The summed E-state index contributed by atoms with van der Waals surface area (Å²) in [5.74, 6) is 0.134. The molecule has 0 radical (unpaired) electrons. The number of hydrogen-bond acceptors (Lipinski definition) is 2. The maximum absolute atomic E-state index is 12.6. The summed E-state index contributed by atoms with van der Waals surface area (Å²) in [5.41, 5.74) is -0.299. The molecule has 0 fully saturated rings. The van der Waals surface area contributed by atoms with Crippen LogP contribution in [0.15, 0.2) is 22.7 Å². The van der Waals surface area contributed by atoms with Crippen LogP contribution in [0.1, 0.15) is 26.3 Å². The fraction of sp³-hybridized carbons (Fsp3) is 0.500. The second kappa shape index (κ2) is 7.15. The molecular formula is C14H18BrF3N2O. The Kier molecular flexibility index (Phi) is 6.07. The van der Waals surface area contributed by atoms with Crippen molar-refractivity contribution in [3.05, 3.63) is 28.2 Å². The average molecular weight is 367 g/mol. The van der Waals surface area contributed by atoms with Crippen molar-refractivity contribution in [2.24, 2.45) is 5.92 Å². The summed E-state index contributed by atoms with van der Waals surface area (Å²) >= 11 is 3.09. The van der Waals surface area contributed by atoms with E-state index in [1.807, 2.05) is 13.8 Å². The van der Waals surface area contributed by atoms with E-state index in [1.54, 1.807) is 6.92 Å². The Morgan fingerprint density at radius 2 is 1.90 bits per heavy atom. The number of rotatable bonds is 5. The molecule has 2 N–H and O–H groups in total. The van der Waals surface area contributed by atoms with Crippen LogP contribution in [0.5, 0.6) is 0 Å². The van der Waals surface area contributed by atoms with Crippen LogP contribution in [-0.4, -0.2) is 18.5 Å². The molecule has 0 saturated heterocycles. The van der Waals surface area contributed by atoms with E-state index in [0.29, 0.717) is 18.2 Å². The van der Waals surface area contributed by atoms with Crippen molar-refractivity contribution in [2.75, 3.05) is 11.9 Å². The Morgan fingerprint density at radius 1 is 1.29 bits per heavy atom. The Balaban J connectivity index is 2.73. The van der Waals surface area contributed by atoms with Crippen molar-refractivity contribution in [1.29, 1.82) is 0 Å². The van der Waals surface area contributed by atoms with Gasteiger partial charge in [-0.1, -0.05) is 13.8 Å². The van der Waals surface area contributed by atoms with Crippen LogP contribution in [0.2, 0.25) is 0 Å². The van der Waals surface area contributed by atoms with E-state index in [1.165, 1.54) is 6.07 Å². The molecule has 0 spiro atoms. The normalized spacial score (nSPS) is 13.1. The molecule has 0 saturated carbocycles. The molecule has 1 amide bonds. The fourth-order valence-corrected chi connectivity index (χ4v) is 2.06. The van der Waals surface area contributed by atoms with Crippen molar-refractivity contribution < 1.29 is 18.0 Å². The number of carbonyl (C=O) groups excluding carboxylic acids is 1. The number of halogens is 4. The zero-order valence-corrected chi connectivity index (χ0v) is 13.6. The van der Waals surface area contributed by atoms with Gasteiger partial charge in [0.25, 0.3) is 0 Å². The quantitative estimate of drug-likeness (QED) is 0.825. The zero-order valence-electron chi connectivity index (χ0n) is 12.0. The highest BCUT2D eigenvalue weighted by molar-refractivity contribution is 9.10. The van der Waals surface area contributed by atoms with Crippen LogP contribution in [0, 0.1) is 5.92 Å². The van der Waals surface area contributed by atoms with Crippen LogP contribution in [-0.2, 0) is 11.0 Å². The first-order valence-electron chi connectivity index (χ1n) is 6.52. The largest absolute Gasteiger partial charge is 0.416 e. The van der Waals surface area contributed by atoms with Gasteiger partial charge in [-0.15, -0.1) is 0 Å². The fourth-order valence-electron chi connectivity index (χ4n) is 1.57. The Hall–Kier alpha value is -1.24. The van der Waals surface area contributed by atoms with Crippen LogP contribution in [0.4, 0.5) is 18.9 Å². The van der Waals surface area contributed by atoms with Gasteiger partial charge in [-0.2, -0.15) is 13.2 Å². The van der Waals surface area contributed by atoms with Crippen LogP contribution < -0.4 is 10.6 Å². The van der Waals surface area contributed by atoms with Crippen molar-refractivity contribution in [1.82, 2.24) is 5.32 Å². The molecule has 0 aromatic heterocycles. The van der Waals surface area contributed by atoms with Crippen molar-refractivity contribution in [3.8, 4) is 0 Å². The van der Waals surface area contributed by atoms with Gasteiger partial charge in [-0.3, -0.25) is 4.79 Å². The van der Waals surface area contributed by atoms with E-state index in [-0.39, 0.29) is 10.4 Å². The molecule has 118 valence electrons. The molecule has 0 aliphatic rings. The third-order valence-corrected chi connectivity index (χ3v) is 3.40. The minimum atomic E-state index is -4.39. The lowest BCUT2D eigenvalue weighted by atomic mass is 10.2. The lowest BCUT2D eigenvalue weighted by Crippen LogP contribution is -2.39. The molecule has 0 aliphatic heterocycles. The average Bonchev–Trinajstić information content (AvgIpc) is 2.36. The summed E-state index contributed by atoms with van der Waals surface area (Å²) in [6, 6.07) is 2.73. The number of alkyl halides is 3. The minimum Gasteiger partial charge on any atom is -0.373 e. The second-order valence-corrected chi connectivity index (χ2v) is 6.05. The Labute approximate surface area is 130 Å². The highest BCUT2D eigenvalue weighted by Gasteiger charge is 2.31. The third kappa shape index (κ3) is 5.57. The number of carbonyl (C=O) groups is 1. The molecular weight excluding hydrogens is 349 g/mol. The smallest absolute Gasteiger partial charge is 0.373 e. The summed E-state index contributed by atoms with van der Waals surface area (Å²) in [5, 5.41) is 5.65. The standard InChI is InChI=1S/C14H18BrF3N2O/c1-8(2)7-19-13(21)9(3)20-12-5-4-10(6-11(12)15)14(16,17)18/h4-6,8-9,20H,7H2,1-3H3,(H,19,21). The first-order valence-corrected chi connectivity index (χ1v) is 7.31. The summed E-state index contributed by atoms with van der Waals surface area (Å²) in [7, 11) is 0. The summed E-state index contributed by atoms with van der Waals surface area (Å²) in [6.45, 7) is 6.16. The number of hydrogen-bond donors (Lipinski definition) is 2. The van der Waals surface area contributed by atoms with Crippen LogP contribution in [0.3, 0.4) is 0 Å². The predicted octanol–water partition coefficient (Wildman–Crippen LogP) is 4.04. The first kappa shape index (κ1) is 17.8. The maximum Gasteiger partial charge on any atom is 0.416 e. The molecule has 1 aromatic rings. The molecule has 0 aliphatic carbocycles. The van der Waals surface area contributed by atoms with Gasteiger partial charge in [0, 0.05) is 16.7 Å². The predicted molar refractivity (Wildman–Crippen MR) is 80.1 cm³/mol. The lowest BCUT2D eigenvalue weighted by Gasteiger charge is -2.18.